The molecule has 0 spiro atoms. The van der Waals surface area contributed by atoms with Gasteiger partial charge in [-0.05, 0) is 77.0 Å². The van der Waals surface area contributed by atoms with Crippen LogP contribution < -0.4 is 0 Å². The van der Waals surface area contributed by atoms with E-state index in [0.717, 1.165) is 89.9 Å². The molecule has 1 saturated heterocycles. The lowest BCUT2D eigenvalue weighted by molar-refractivity contribution is -0.216. The molecule has 2 aliphatic rings. The van der Waals surface area contributed by atoms with Crippen molar-refractivity contribution in [3.63, 3.8) is 0 Å². The van der Waals surface area contributed by atoms with Crippen LogP contribution in [0, 0.1) is 0 Å². The Morgan fingerprint density at radius 3 is 1.65 bits per heavy atom. The molecule has 7 unspecified atom stereocenters. The molecule has 17 nitrogen and oxygen atoms in total. The number of hydrogen-bond acceptors (Lipinski definition) is 14. The van der Waals surface area contributed by atoms with Gasteiger partial charge in [0.1, 0.15) is 43.2 Å². The van der Waals surface area contributed by atoms with Gasteiger partial charge in [-0.2, -0.15) is 0 Å². The van der Waals surface area contributed by atoms with Gasteiger partial charge in [-0.3, -0.25) is 23.2 Å². The second-order valence-electron chi connectivity index (χ2n) is 17.2. The van der Waals surface area contributed by atoms with E-state index in [4.69, 9.17) is 23.3 Å². The summed E-state index contributed by atoms with van der Waals surface area (Å²) in [6.07, 6.45) is 25.1. The number of aliphatic hydroxyl groups excluding tert-OH is 4. The zero-order chi connectivity index (χ0) is 48.6. The SMILES string of the molecule is CCCCC/C=C\C/C=C\C/C=C\CCCCCCC(=O)O[C@H](COC(=O)CCCCCCCC1OC1C/C=C\CCCCC)COP(=O)(O)O[C@H]1C(O)C(O)C(O)[C@@H](OP(=O)(O)O)C1O. The molecule has 0 aromatic rings. The first-order valence-electron chi connectivity index (χ1n) is 24.3. The number of rotatable bonds is 39. The van der Waals surface area contributed by atoms with Gasteiger partial charge in [0.25, 0.3) is 0 Å². The Labute approximate surface area is 392 Å². The normalized spacial score (nSPS) is 25.0. The number of carbonyl (C=O) groups excluding carboxylic acids is 2. The number of allylic oxidation sites excluding steroid dienone is 7. The number of ether oxygens (including phenoxy) is 3. The fraction of sp³-hybridized carbons (Fsp3) is 0.787. The van der Waals surface area contributed by atoms with Crippen LogP contribution >= 0.6 is 15.6 Å². The molecule has 1 saturated carbocycles. The Kier molecular flexibility index (Phi) is 31.9. The number of aliphatic hydroxyl groups is 4. The number of unbranched alkanes of at least 4 members (excludes halogenated alkanes) is 14. The van der Waals surface area contributed by atoms with Gasteiger partial charge in [-0.25, -0.2) is 9.13 Å². The van der Waals surface area contributed by atoms with Crippen LogP contribution in [0.3, 0.4) is 0 Å². The molecule has 19 heteroatoms. The van der Waals surface area contributed by atoms with Crippen molar-refractivity contribution in [2.75, 3.05) is 13.2 Å². The van der Waals surface area contributed by atoms with Gasteiger partial charge in [0.05, 0.1) is 18.8 Å². The first kappa shape index (κ1) is 60.0. The molecular weight excluding hydrogens is 898 g/mol. The lowest BCUT2D eigenvalue weighted by atomic mass is 9.85. The summed E-state index contributed by atoms with van der Waals surface area (Å²) in [7, 11) is -10.7. The fourth-order valence-corrected chi connectivity index (χ4v) is 8.93. The number of phosphoric ester groups is 2. The molecule has 0 aromatic heterocycles. The zero-order valence-corrected chi connectivity index (χ0v) is 41.1. The molecule has 2 rings (SSSR count). The third-order valence-corrected chi connectivity index (χ3v) is 12.8. The van der Waals surface area contributed by atoms with Gasteiger partial charge in [0.2, 0.25) is 0 Å². The number of carbonyl (C=O) groups is 2. The molecule has 1 aliphatic carbocycles. The van der Waals surface area contributed by atoms with E-state index in [1.54, 1.807) is 0 Å². The maximum absolute atomic E-state index is 13.0. The number of esters is 2. The predicted octanol–water partition coefficient (Wildman–Crippen LogP) is 8.27. The highest BCUT2D eigenvalue weighted by Crippen LogP contribution is 2.49. The van der Waals surface area contributed by atoms with Gasteiger partial charge in [-0.15, -0.1) is 0 Å². The summed E-state index contributed by atoms with van der Waals surface area (Å²) >= 11 is 0. The Bertz CT molecular complexity index is 1530. The number of phosphoric acid groups is 2. The Morgan fingerprint density at radius 1 is 0.561 bits per heavy atom. The van der Waals surface area contributed by atoms with Crippen LogP contribution in [0.2, 0.25) is 0 Å². The summed E-state index contributed by atoms with van der Waals surface area (Å²) in [5.74, 6) is -1.26. The van der Waals surface area contributed by atoms with E-state index in [0.29, 0.717) is 25.0 Å². The Balaban J connectivity index is 1.80. The molecule has 0 amide bonds. The molecule has 7 N–H and O–H groups in total. The van der Waals surface area contributed by atoms with Crippen LogP contribution in [-0.4, -0.2) is 115 Å². The van der Waals surface area contributed by atoms with Crippen LogP contribution in [-0.2, 0) is 46.5 Å². The number of hydrogen-bond donors (Lipinski definition) is 7. The van der Waals surface area contributed by atoms with Crippen LogP contribution in [0.1, 0.15) is 168 Å². The summed E-state index contributed by atoms with van der Waals surface area (Å²) in [5.41, 5.74) is 0. The summed E-state index contributed by atoms with van der Waals surface area (Å²) in [5, 5.41) is 41.3. The third kappa shape index (κ3) is 28.4. The first-order valence-corrected chi connectivity index (χ1v) is 27.3. The van der Waals surface area contributed by atoms with Crippen LogP contribution in [0.5, 0.6) is 0 Å². The average Bonchev–Trinajstić information content (AvgIpc) is 4.03. The molecular formula is C47H82O17P2. The molecule has 2 fully saturated rings. The highest BCUT2D eigenvalue weighted by molar-refractivity contribution is 7.47. The largest absolute Gasteiger partial charge is 0.472 e. The van der Waals surface area contributed by atoms with Crippen molar-refractivity contribution < 1.29 is 81.6 Å². The highest BCUT2D eigenvalue weighted by atomic mass is 31.2. The van der Waals surface area contributed by atoms with Gasteiger partial charge >= 0.3 is 27.6 Å². The molecule has 0 bridgehead atoms. The molecule has 0 aromatic carbocycles. The smallest absolute Gasteiger partial charge is 0.462 e. The minimum absolute atomic E-state index is 0.0107. The second kappa shape index (κ2) is 35.1. The zero-order valence-electron chi connectivity index (χ0n) is 39.3. The van der Waals surface area contributed by atoms with Crippen molar-refractivity contribution in [1.82, 2.24) is 0 Å². The topological polar surface area (TPSA) is 269 Å². The highest BCUT2D eigenvalue weighted by Gasteiger charge is 2.54. The predicted molar refractivity (Wildman–Crippen MR) is 250 cm³/mol. The standard InChI is InChI=1S/C47H82O17P2/c1-3-5-7-9-11-12-13-14-15-16-17-18-19-20-21-25-30-34-41(49)61-37(36-60-66(57,58)64-47-44(52)42(50)43(51)46(45(47)53)63-65(54,55)56)35-59-40(48)33-29-26-22-24-28-32-39-38(62-39)31-27-23-10-8-6-4-2/h11-12,14-15,17-18,23,27,37-39,42-47,50-53H,3-10,13,16,19-22,24-26,28-36H2,1-2H3,(H,57,58)(H2,54,55,56)/b12-11-,15-14-,18-17-,27-23-/t37-,38?,39?,42?,43?,44?,45?,46-,47+/m1/s1. The summed E-state index contributed by atoms with van der Waals surface area (Å²) in [4.78, 5) is 54.4. The second-order valence-corrected chi connectivity index (χ2v) is 19.8. The maximum atomic E-state index is 13.0. The van der Waals surface area contributed by atoms with E-state index in [9.17, 15) is 53.8 Å². The van der Waals surface area contributed by atoms with E-state index >= 15 is 0 Å². The van der Waals surface area contributed by atoms with Crippen molar-refractivity contribution in [3.05, 3.63) is 48.6 Å². The van der Waals surface area contributed by atoms with Gasteiger partial charge in [0, 0.05) is 12.8 Å². The summed E-state index contributed by atoms with van der Waals surface area (Å²) in [6.45, 7) is 3.01. The van der Waals surface area contributed by atoms with Crippen molar-refractivity contribution in [2.24, 2.45) is 0 Å². The lowest BCUT2D eigenvalue weighted by Crippen LogP contribution is -2.64. The van der Waals surface area contributed by atoms with E-state index in [1.807, 2.05) is 0 Å². The van der Waals surface area contributed by atoms with E-state index < -0.39 is 83.5 Å². The molecule has 1 aliphatic heterocycles. The van der Waals surface area contributed by atoms with Crippen molar-refractivity contribution >= 4 is 27.6 Å². The quantitative estimate of drug-likeness (QED) is 0.0100. The Hall–Kier alpha value is -2.08. The van der Waals surface area contributed by atoms with Crippen LogP contribution in [0.25, 0.3) is 0 Å². The van der Waals surface area contributed by atoms with Gasteiger partial charge < -0.3 is 49.3 Å². The van der Waals surface area contributed by atoms with Gasteiger partial charge in [-0.1, -0.05) is 127 Å². The monoisotopic (exact) mass is 981 g/mol. The third-order valence-electron chi connectivity index (χ3n) is 11.3. The van der Waals surface area contributed by atoms with Crippen LogP contribution in [0.15, 0.2) is 48.6 Å². The van der Waals surface area contributed by atoms with Crippen molar-refractivity contribution in [1.29, 1.82) is 0 Å². The minimum atomic E-state index is -5.37. The Morgan fingerprint density at radius 2 is 1.06 bits per heavy atom. The molecule has 10 atom stereocenters. The van der Waals surface area contributed by atoms with Crippen molar-refractivity contribution in [2.45, 2.75) is 223 Å². The van der Waals surface area contributed by atoms with Gasteiger partial charge in [0.15, 0.2) is 6.10 Å². The molecule has 382 valence electrons. The average molecular weight is 981 g/mol. The molecule has 66 heavy (non-hydrogen) atoms. The molecule has 1 heterocycles. The maximum Gasteiger partial charge on any atom is 0.472 e. The molecule has 0 radical (unpaired) electrons. The van der Waals surface area contributed by atoms with E-state index in [2.05, 4.69) is 67.0 Å². The lowest BCUT2D eigenvalue weighted by Gasteiger charge is -2.43. The summed E-state index contributed by atoms with van der Waals surface area (Å²) in [6, 6.07) is 0. The van der Waals surface area contributed by atoms with Crippen molar-refractivity contribution in [3.8, 4) is 0 Å². The fourth-order valence-electron chi connectivity index (χ4n) is 7.39. The minimum Gasteiger partial charge on any atom is -0.462 e. The van der Waals surface area contributed by atoms with E-state index in [-0.39, 0.29) is 12.8 Å². The van der Waals surface area contributed by atoms with Crippen LogP contribution in [0.4, 0.5) is 0 Å². The number of epoxide rings is 1. The summed E-state index contributed by atoms with van der Waals surface area (Å²) < 4.78 is 55.2. The van der Waals surface area contributed by atoms with E-state index in [1.165, 1.54) is 38.5 Å². The first-order chi connectivity index (χ1) is 31.6.